The zero-order valence-corrected chi connectivity index (χ0v) is 13.7. The molecule has 8 heteroatoms. The number of aromatic nitrogens is 3. The van der Waals surface area contributed by atoms with Gasteiger partial charge in [-0.2, -0.15) is 13.2 Å². The summed E-state index contributed by atoms with van der Waals surface area (Å²) in [5.74, 6) is 0. The molecule has 3 aromatic heterocycles. The fourth-order valence-electron chi connectivity index (χ4n) is 2.67. The quantitative estimate of drug-likeness (QED) is 0.676. The predicted molar refractivity (Wildman–Crippen MR) is 89.5 cm³/mol. The normalized spacial score (nSPS) is 14.0. The van der Waals surface area contributed by atoms with Crippen molar-refractivity contribution in [3.8, 4) is 11.3 Å². The lowest BCUT2D eigenvalue weighted by Crippen LogP contribution is -2.44. The van der Waals surface area contributed by atoms with Crippen molar-refractivity contribution < 1.29 is 13.2 Å². The summed E-state index contributed by atoms with van der Waals surface area (Å²) in [4.78, 5) is 10.9. The Balaban J connectivity index is 2.18. The summed E-state index contributed by atoms with van der Waals surface area (Å²) in [6.45, 7) is 3.16. The highest BCUT2D eigenvalue weighted by atomic mass is 19.4. The van der Waals surface area contributed by atoms with Crippen LogP contribution in [0.15, 0.2) is 36.7 Å². The van der Waals surface area contributed by atoms with Crippen LogP contribution in [-0.4, -0.2) is 20.5 Å². The van der Waals surface area contributed by atoms with Crippen molar-refractivity contribution >= 4 is 11.0 Å². The Labute approximate surface area is 142 Å². The Morgan fingerprint density at radius 1 is 1.16 bits per heavy atom. The Morgan fingerprint density at radius 3 is 2.52 bits per heavy atom. The Kier molecular flexibility index (Phi) is 4.04. The monoisotopic (exact) mass is 349 g/mol. The zero-order valence-electron chi connectivity index (χ0n) is 13.7. The van der Waals surface area contributed by atoms with E-state index in [2.05, 4.69) is 15.0 Å². The van der Waals surface area contributed by atoms with Gasteiger partial charge in [-0.25, -0.2) is 9.97 Å². The van der Waals surface area contributed by atoms with Gasteiger partial charge >= 0.3 is 6.18 Å². The van der Waals surface area contributed by atoms with E-state index < -0.39 is 23.5 Å². The van der Waals surface area contributed by atoms with E-state index in [1.165, 1.54) is 12.1 Å². The molecule has 1 atom stereocenters. The Bertz CT molecular complexity index is 909. The van der Waals surface area contributed by atoms with E-state index in [1.54, 1.807) is 38.4 Å². The van der Waals surface area contributed by atoms with Crippen molar-refractivity contribution in [2.45, 2.75) is 31.6 Å². The fourth-order valence-corrected chi connectivity index (χ4v) is 2.67. The van der Waals surface area contributed by atoms with Crippen molar-refractivity contribution in [2.75, 3.05) is 0 Å². The predicted octanol–water partition coefficient (Wildman–Crippen LogP) is 3.38. The smallest absolute Gasteiger partial charge is 0.345 e. The Hall–Kier alpha value is -2.45. The average molecular weight is 349 g/mol. The number of H-pyrrole nitrogens is 1. The second kappa shape index (κ2) is 5.82. The minimum atomic E-state index is -4.64. The van der Waals surface area contributed by atoms with Crippen LogP contribution in [0.5, 0.6) is 0 Å². The summed E-state index contributed by atoms with van der Waals surface area (Å²) in [6, 6.07) is 5.35. The van der Waals surface area contributed by atoms with Crippen molar-refractivity contribution in [3.05, 3.63) is 47.9 Å². The van der Waals surface area contributed by atoms with Crippen LogP contribution < -0.4 is 11.5 Å². The molecule has 25 heavy (non-hydrogen) atoms. The molecule has 1 unspecified atom stereocenters. The van der Waals surface area contributed by atoms with Crippen molar-refractivity contribution in [1.29, 1.82) is 0 Å². The van der Waals surface area contributed by atoms with E-state index in [0.717, 1.165) is 0 Å². The van der Waals surface area contributed by atoms with Gasteiger partial charge in [0.2, 0.25) is 0 Å². The molecule has 0 fully saturated rings. The van der Waals surface area contributed by atoms with Crippen LogP contribution in [0, 0.1) is 0 Å². The van der Waals surface area contributed by atoms with E-state index >= 15 is 0 Å². The molecule has 0 aliphatic carbocycles. The molecule has 0 aliphatic heterocycles. The topological polar surface area (TPSA) is 93.6 Å². The van der Waals surface area contributed by atoms with E-state index in [0.29, 0.717) is 16.6 Å². The second-order valence-electron chi connectivity index (χ2n) is 6.53. The maximum absolute atomic E-state index is 13.6. The standard InChI is InChI=1S/C17H18F3N5/c1-16(2,22)13(21)10-5-6-12(25-14(10)17(18,19)20)11-8-24-15-9(11)4-3-7-23-15/h3-8,13H,21-22H2,1-2H3,(H,23,24). The zero-order chi connectivity index (χ0) is 18.4. The van der Waals surface area contributed by atoms with Gasteiger partial charge in [0.15, 0.2) is 0 Å². The third-order valence-electron chi connectivity index (χ3n) is 4.06. The highest BCUT2D eigenvalue weighted by molar-refractivity contribution is 5.92. The minimum Gasteiger partial charge on any atom is -0.345 e. The number of aromatic amines is 1. The number of alkyl halides is 3. The van der Waals surface area contributed by atoms with Crippen LogP contribution in [0.1, 0.15) is 31.1 Å². The van der Waals surface area contributed by atoms with Gasteiger partial charge < -0.3 is 16.5 Å². The number of nitrogens with one attached hydrogen (secondary N) is 1. The first-order valence-electron chi connectivity index (χ1n) is 7.64. The largest absolute Gasteiger partial charge is 0.433 e. The number of halogens is 3. The Morgan fingerprint density at radius 2 is 1.88 bits per heavy atom. The van der Waals surface area contributed by atoms with Gasteiger partial charge in [-0.1, -0.05) is 6.07 Å². The molecule has 0 saturated heterocycles. The van der Waals surface area contributed by atoms with Gasteiger partial charge in [-0.3, -0.25) is 0 Å². The van der Waals surface area contributed by atoms with Crippen LogP contribution in [0.3, 0.4) is 0 Å². The third-order valence-corrected chi connectivity index (χ3v) is 4.06. The van der Waals surface area contributed by atoms with Crippen molar-refractivity contribution in [3.63, 3.8) is 0 Å². The first kappa shape index (κ1) is 17.4. The number of hydrogen-bond acceptors (Lipinski definition) is 4. The van der Waals surface area contributed by atoms with E-state index in [-0.39, 0.29) is 11.3 Å². The van der Waals surface area contributed by atoms with Crippen LogP contribution in [-0.2, 0) is 6.18 Å². The molecular formula is C17H18F3N5. The SMILES string of the molecule is CC(C)(N)C(N)c1ccc(-c2c[nH]c3ncccc23)nc1C(F)(F)F. The molecule has 5 nitrogen and oxygen atoms in total. The first-order chi connectivity index (χ1) is 11.6. The summed E-state index contributed by atoms with van der Waals surface area (Å²) < 4.78 is 40.7. The molecular weight excluding hydrogens is 331 g/mol. The van der Waals surface area contributed by atoms with Crippen LogP contribution >= 0.6 is 0 Å². The molecule has 3 aromatic rings. The highest BCUT2D eigenvalue weighted by Crippen LogP contribution is 2.37. The minimum absolute atomic E-state index is 0.123. The lowest BCUT2D eigenvalue weighted by Gasteiger charge is -2.29. The molecule has 0 aromatic carbocycles. The summed E-state index contributed by atoms with van der Waals surface area (Å²) >= 11 is 0. The number of rotatable bonds is 3. The van der Waals surface area contributed by atoms with Crippen LogP contribution in [0.25, 0.3) is 22.3 Å². The summed E-state index contributed by atoms with van der Waals surface area (Å²) in [5.41, 5.74) is 11.0. The molecule has 3 heterocycles. The molecule has 0 bridgehead atoms. The highest BCUT2D eigenvalue weighted by Gasteiger charge is 2.39. The van der Waals surface area contributed by atoms with Gasteiger partial charge in [0.25, 0.3) is 0 Å². The lowest BCUT2D eigenvalue weighted by molar-refractivity contribution is -0.142. The van der Waals surface area contributed by atoms with E-state index in [1.807, 2.05) is 0 Å². The molecule has 5 N–H and O–H groups in total. The number of nitrogens with two attached hydrogens (primary N) is 2. The van der Waals surface area contributed by atoms with E-state index in [9.17, 15) is 13.2 Å². The maximum atomic E-state index is 13.6. The first-order valence-corrected chi connectivity index (χ1v) is 7.64. The molecule has 0 spiro atoms. The third kappa shape index (κ3) is 3.22. The number of nitrogens with zero attached hydrogens (tertiary/aromatic N) is 2. The van der Waals surface area contributed by atoms with Gasteiger partial charge in [0, 0.05) is 40.5 Å². The van der Waals surface area contributed by atoms with Gasteiger partial charge in [0.05, 0.1) is 5.69 Å². The number of pyridine rings is 2. The summed E-state index contributed by atoms with van der Waals surface area (Å²) in [7, 11) is 0. The number of hydrogen-bond donors (Lipinski definition) is 3. The van der Waals surface area contributed by atoms with Crippen molar-refractivity contribution in [2.24, 2.45) is 11.5 Å². The molecule has 0 amide bonds. The van der Waals surface area contributed by atoms with Gasteiger partial charge in [-0.05, 0) is 32.0 Å². The maximum Gasteiger partial charge on any atom is 0.433 e. The molecule has 3 rings (SSSR count). The van der Waals surface area contributed by atoms with Crippen LogP contribution in [0.4, 0.5) is 13.2 Å². The molecule has 0 radical (unpaired) electrons. The molecule has 0 saturated carbocycles. The fraction of sp³-hybridized carbons (Fsp3) is 0.294. The average Bonchev–Trinajstić information content (AvgIpc) is 2.96. The number of fused-ring (bicyclic) bond motifs is 1. The molecule has 132 valence electrons. The van der Waals surface area contributed by atoms with Gasteiger partial charge in [-0.15, -0.1) is 0 Å². The van der Waals surface area contributed by atoms with Gasteiger partial charge in [0.1, 0.15) is 11.3 Å². The van der Waals surface area contributed by atoms with Crippen LogP contribution in [0.2, 0.25) is 0 Å². The summed E-state index contributed by atoms with van der Waals surface area (Å²) in [5, 5.41) is 0.694. The summed E-state index contributed by atoms with van der Waals surface area (Å²) in [6.07, 6.45) is -1.45. The van der Waals surface area contributed by atoms with Crippen molar-refractivity contribution in [1.82, 2.24) is 15.0 Å². The molecule has 0 aliphatic rings. The second-order valence-corrected chi connectivity index (χ2v) is 6.53. The van der Waals surface area contributed by atoms with E-state index in [4.69, 9.17) is 11.5 Å². The lowest BCUT2D eigenvalue weighted by atomic mass is 9.89.